The molecule has 4 rings (SSSR count). The largest absolute Gasteiger partial charge is 0.459 e. The Morgan fingerprint density at radius 2 is 2.00 bits per heavy atom. The quantitative estimate of drug-likeness (QED) is 0.919. The molecule has 1 aromatic heterocycles. The van der Waals surface area contributed by atoms with Crippen LogP contribution in [0, 0.1) is 0 Å². The lowest BCUT2D eigenvalue weighted by Crippen LogP contribution is -2.35. The van der Waals surface area contributed by atoms with Crippen LogP contribution >= 0.6 is 24.0 Å². The van der Waals surface area contributed by atoms with Gasteiger partial charge >= 0.3 is 0 Å². The molecule has 0 saturated carbocycles. The van der Waals surface area contributed by atoms with Crippen LogP contribution in [-0.2, 0) is 11.3 Å². The molecule has 2 atom stereocenters. The molecule has 3 heterocycles. The van der Waals surface area contributed by atoms with Crippen molar-refractivity contribution in [3.63, 3.8) is 0 Å². The number of likely N-dealkylation sites (tertiary alicyclic amines) is 1. The maximum Gasteiger partial charge on any atom is 0.224 e. The molecule has 23 heavy (non-hydrogen) atoms. The smallest absolute Gasteiger partial charge is 0.224 e. The van der Waals surface area contributed by atoms with Gasteiger partial charge in [0.1, 0.15) is 11.5 Å². The lowest BCUT2D eigenvalue weighted by Gasteiger charge is -2.22. The average molecular weight is 353 g/mol. The Hall–Kier alpha value is -1.49. The molecule has 0 bridgehead atoms. The number of halogens is 2. The van der Waals surface area contributed by atoms with Crippen LogP contribution in [0.3, 0.4) is 0 Å². The topological polar surface area (TPSA) is 45.5 Å². The van der Waals surface area contributed by atoms with Crippen LogP contribution < -0.4 is 5.32 Å². The van der Waals surface area contributed by atoms with E-state index in [1.165, 1.54) is 0 Å². The Bertz CT molecular complexity index is 699. The van der Waals surface area contributed by atoms with Gasteiger partial charge in [-0.2, -0.15) is 0 Å². The van der Waals surface area contributed by atoms with E-state index >= 15 is 0 Å². The van der Waals surface area contributed by atoms with Crippen molar-refractivity contribution >= 4 is 29.9 Å². The van der Waals surface area contributed by atoms with E-state index in [4.69, 9.17) is 16.0 Å². The molecule has 2 aromatic rings. The first kappa shape index (κ1) is 16.4. The zero-order chi connectivity index (χ0) is 15.1. The molecule has 1 N–H and O–H groups in total. The SMILES string of the molecule is Cl.O=C1C[C@H]2NCC[C@H]2N1Cc1ccc(-c2ccc(Cl)cc2)o1. The molecule has 4 nitrogen and oxygen atoms in total. The first-order chi connectivity index (χ1) is 10.7. The van der Waals surface area contributed by atoms with Crippen molar-refractivity contribution in [2.24, 2.45) is 0 Å². The fourth-order valence-electron chi connectivity index (χ4n) is 3.43. The van der Waals surface area contributed by atoms with E-state index < -0.39 is 0 Å². The van der Waals surface area contributed by atoms with Gasteiger partial charge < -0.3 is 14.6 Å². The van der Waals surface area contributed by atoms with Gasteiger partial charge in [-0.1, -0.05) is 11.6 Å². The second kappa shape index (κ2) is 6.56. The second-order valence-corrected chi connectivity index (χ2v) is 6.35. The minimum absolute atomic E-state index is 0. The number of carbonyl (C=O) groups excluding carboxylic acids is 1. The summed E-state index contributed by atoms with van der Waals surface area (Å²) in [6.45, 7) is 1.54. The van der Waals surface area contributed by atoms with Gasteiger partial charge in [-0.15, -0.1) is 12.4 Å². The first-order valence-electron chi connectivity index (χ1n) is 7.58. The predicted octanol–water partition coefficient (Wildman–Crippen LogP) is 3.48. The standard InChI is InChI=1S/C17H17ClN2O2.ClH/c18-12-3-1-11(2-4-12)16-6-5-13(22-16)10-20-15-7-8-19-14(15)9-17(20)21;/h1-6,14-15,19H,7-10H2;1H/t14-,15-;/m1./s1. The fourth-order valence-corrected chi connectivity index (χ4v) is 3.56. The Morgan fingerprint density at radius 3 is 2.78 bits per heavy atom. The van der Waals surface area contributed by atoms with E-state index in [0.29, 0.717) is 30.1 Å². The Balaban J connectivity index is 0.00000156. The number of nitrogens with zero attached hydrogens (tertiary/aromatic N) is 1. The predicted molar refractivity (Wildman–Crippen MR) is 91.8 cm³/mol. The van der Waals surface area contributed by atoms with E-state index in [9.17, 15) is 4.79 Å². The molecule has 1 aromatic carbocycles. The third kappa shape index (κ3) is 3.11. The maximum absolute atomic E-state index is 12.1. The molecule has 122 valence electrons. The normalized spacial score (nSPS) is 23.0. The van der Waals surface area contributed by atoms with E-state index in [-0.39, 0.29) is 18.3 Å². The Labute approximate surface area is 146 Å². The van der Waals surface area contributed by atoms with E-state index in [1.54, 1.807) is 0 Å². The van der Waals surface area contributed by atoms with Gasteiger partial charge in [0.05, 0.1) is 6.54 Å². The molecule has 0 unspecified atom stereocenters. The molecule has 0 aliphatic carbocycles. The summed E-state index contributed by atoms with van der Waals surface area (Å²) >= 11 is 5.90. The zero-order valence-electron chi connectivity index (χ0n) is 12.5. The monoisotopic (exact) mass is 352 g/mol. The molecule has 2 saturated heterocycles. The van der Waals surface area contributed by atoms with Gasteiger partial charge in [0.15, 0.2) is 0 Å². The van der Waals surface area contributed by atoms with E-state index in [2.05, 4.69) is 5.32 Å². The summed E-state index contributed by atoms with van der Waals surface area (Å²) in [6.07, 6.45) is 1.64. The van der Waals surface area contributed by atoms with Gasteiger partial charge in [-0.05, 0) is 49.4 Å². The van der Waals surface area contributed by atoms with Gasteiger partial charge in [0.25, 0.3) is 0 Å². The number of hydrogen-bond acceptors (Lipinski definition) is 3. The maximum atomic E-state index is 12.1. The lowest BCUT2D eigenvalue weighted by atomic mass is 10.1. The van der Waals surface area contributed by atoms with Crippen molar-refractivity contribution in [1.29, 1.82) is 0 Å². The Morgan fingerprint density at radius 1 is 1.22 bits per heavy atom. The van der Waals surface area contributed by atoms with Crippen LogP contribution in [-0.4, -0.2) is 29.4 Å². The van der Waals surface area contributed by atoms with Gasteiger partial charge in [-0.25, -0.2) is 0 Å². The molecule has 0 radical (unpaired) electrons. The number of furan rings is 1. The van der Waals surface area contributed by atoms with Crippen LogP contribution in [0.5, 0.6) is 0 Å². The summed E-state index contributed by atoms with van der Waals surface area (Å²) in [5.41, 5.74) is 0.990. The number of fused-ring (bicyclic) bond motifs is 1. The minimum atomic E-state index is 0. The summed E-state index contributed by atoms with van der Waals surface area (Å²) in [7, 11) is 0. The number of carbonyl (C=O) groups is 1. The van der Waals surface area contributed by atoms with Gasteiger partial charge in [0.2, 0.25) is 5.91 Å². The van der Waals surface area contributed by atoms with Crippen molar-refractivity contribution in [2.45, 2.75) is 31.5 Å². The summed E-state index contributed by atoms with van der Waals surface area (Å²) < 4.78 is 5.91. The highest BCUT2D eigenvalue weighted by Crippen LogP contribution is 2.29. The molecule has 2 aliphatic heterocycles. The summed E-state index contributed by atoms with van der Waals surface area (Å²) in [4.78, 5) is 14.1. The van der Waals surface area contributed by atoms with Crippen molar-refractivity contribution in [1.82, 2.24) is 10.2 Å². The molecule has 2 fully saturated rings. The van der Waals surface area contributed by atoms with Gasteiger partial charge in [-0.3, -0.25) is 4.79 Å². The molecule has 0 spiro atoms. The van der Waals surface area contributed by atoms with Crippen molar-refractivity contribution in [2.75, 3.05) is 6.54 Å². The third-order valence-electron chi connectivity index (χ3n) is 4.54. The van der Waals surface area contributed by atoms with Crippen LogP contribution in [0.25, 0.3) is 11.3 Å². The van der Waals surface area contributed by atoms with E-state index in [0.717, 1.165) is 30.0 Å². The highest BCUT2D eigenvalue weighted by Gasteiger charge is 2.42. The lowest BCUT2D eigenvalue weighted by molar-refractivity contribution is -0.129. The fraction of sp³-hybridized carbons (Fsp3) is 0.353. The number of hydrogen-bond donors (Lipinski definition) is 1. The van der Waals surface area contributed by atoms with Gasteiger partial charge in [0, 0.05) is 29.1 Å². The molecular weight excluding hydrogens is 335 g/mol. The van der Waals surface area contributed by atoms with Crippen LogP contribution in [0.2, 0.25) is 5.02 Å². The van der Waals surface area contributed by atoms with E-state index in [1.807, 2.05) is 41.3 Å². The van der Waals surface area contributed by atoms with Crippen molar-refractivity contribution in [3.8, 4) is 11.3 Å². The number of rotatable bonds is 3. The number of benzene rings is 1. The van der Waals surface area contributed by atoms with Crippen molar-refractivity contribution in [3.05, 3.63) is 47.2 Å². The Kier molecular flexibility index (Phi) is 4.67. The highest BCUT2D eigenvalue weighted by molar-refractivity contribution is 6.30. The van der Waals surface area contributed by atoms with Crippen molar-refractivity contribution < 1.29 is 9.21 Å². The zero-order valence-corrected chi connectivity index (χ0v) is 14.1. The summed E-state index contributed by atoms with van der Waals surface area (Å²) in [5, 5.41) is 4.10. The molecule has 2 aliphatic rings. The molecular formula is C17H18Cl2N2O2. The first-order valence-corrected chi connectivity index (χ1v) is 7.96. The third-order valence-corrected chi connectivity index (χ3v) is 4.79. The minimum Gasteiger partial charge on any atom is -0.459 e. The average Bonchev–Trinajstić information content (AvgIpc) is 3.19. The van der Waals surface area contributed by atoms with Crippen LogP contribution in [0.15, 0.2) is 40.8 Å². The highest BCUT2D eigenvalue weighted by atomic mass is 35.5. The summed E-state index contributed by atoms with van der Waals surface area (Å²) in [6, 6.07) is 12.1. The second-order valence-electron chi connectivity index (χ2n) is 5.92. The van der Waals surface area contributed by atoms with Crippen LogP contribution in [0.1, 0.15) is 18.6 Å². The number of amides is 1. The summed E-state index contributed by atoms with van der Waals surface area (Å²) in [5.74, 6) is 1.84. The van der Waals surface area contributed by atoms with Crippen LogP contribution in [0.4, 0.5) is 0 Å². The molecule has 6 heteroatoms. The number of nitrogens with one attached hydrogen (secondary N) is 1. The molecule has 1 amide bonds.